The molecule has 0 bridgehead atoms. The van der Waals surface area contributed by atoms with Gasteiger partial charge in [-0.05, 0) is 26.0 Å². The average Bonchev–Trinajstić information content (AvgIpc) is 2.28. The van der Waals surface area contributed by atoms with E-state index in [1.54, 1.807) is 6.92 Å². The van der Waals surface area contributed by atoms with E-state index in [4.69, 9.17) is 5.26 Å². The molecule has 1 rings (SSSR count). The summed E-state index contributed by atoms with van der Waals surface area (Å²) in [4.78, 5) is 11.1. The van der Waals surface area contributed by atoms with Gasteiger partial charge in [-0.15, -0.1) is 0 Å². The minimum absolute atomic E-state index is 0.0808. The summed E-state index contributed by atoms with van der Waals surface area (Å²) in [5.41, 5.74) is 0.457. The number of nitriles is 1. The second-order valence-corrected chi connectivity index (χ2v) is 5.68. The molecular weight excluding hydrogens is 252 g/mol. The molecule has 6 heteroatoms. The number of carbonyl (C=O) groups is 1. The van der Waals surface area contributed by atoms with Crippen LogP contribution < -0.4 is 4.72 Å². The van der Waals surface area contributed by atoms with Crippen molar-refractivity contribution in [3.05, 3.63) is 29.8 Å². The largest absolute Gasteiger partial charge is 0.295 e. The number of sulfonamides is 1. The SMILES string of the molecule is CC(=O)c1ccc(S(=O)(=O)NC(C)CC#N)cc1. The zero-order chi connectivity index (χ0) is 13.8. The maximum absolute atomic E-state index is 11.9. The van der Waals surface area contributed by atoms with Crippen molar-refractivity contribution in [2.75, 3.05) is 0 Å². The highest BCUT2D eigenvalue weighted by atomic mass is 32.2. The number of benzene rings is 1. The summed E-state index contributed by atoms with van der Waals surface area (Å²) < 4.78 is 26.2. The molecule has 0 amide bonds. The molecule has 0 saturated carbocycles. The summed E-state index contributed by atoms with van der Waals surface area (Å²) in [6.45, 7) is 3.03. The number of nitrogens with zero attached hydrogens (tertiary/aromatic N) is 1. The first-order valence-electron chi connectivity index (χ1n) is 5.37. The Balaban J connectivity index is 2.92. The minimum Gasteiger partial charge on any atom is -0.295 e. The molecule has 0 saturated heterocycles. The molecule has 0 aliphatic heterocycles. The topological polar surface area (TPSA) is 87.0 Å². The number of nitrogens with one attached hydrogen (secondary N) is 1. The molecule has 0 radical (unpaired) electrons. The Kier molecular flexibility index (Phi) is 4.59. The number of hydrogen-bond acceptors (Lipinski definition) is 4. The van der Waals surface area contributed by atoms with Gasteiger partial charge in [-0.3, -0.25) is 4.79 Å². The van der Waals surface area contributed by atoms with Gasteiger partial charge in [0.25, 0.3) is 0 Å². The lowest BCUT2D eigenvalue weighted by Crippen LogP contribution is -2.32. The van der Waals surface area contributed by atoms with Crippen LogP contribution in [0.15, 0.2) is 29.2 Å². The van der Waals surface area contributed by atoms with Crippen LogP contribution in [-0.4, -0.2) is 20.2 Å². The van der Waals surface area contributed by atoms with Crippen molar-refractivity contribution in [1.29, 1.82) is 5.26 Å². The average molecular weight is 266 g/mol. The lowest BCUT2D eigenvalue weighted by Gasteiger charge is -2.11. The van der Waals surface area contributed by atoms with Crippen LogP contribution in [0.3, 0.4) is 0 Å². The lowest BCUT2D eigenvalue weighted by atomic mass is 10.2. The molecule has 1 atom stereocenters. The maximum Gasteiger partial charge on any atom is 0.240 e. The smallest absolute Gasteiger partial charge is 0.240 e. The Labute approximate surface area is 106 Å². The van der Waals surface area contributed by atoms with E-state index in [1.165, 1.54) is 31.2 Å². The van der Waals surface area contributed by atoms with Gasteiger partial charge < -0.3 is 0 Å². The molecule has 96 valence electrons. The van der Waals surface area contributed by atoms with Gasteiger partial charge in [-0.25, -0.2) is 13.1 Å². The van der Waals surface area contributed by atoms with Crippen LogP contribution >= 0.6 is 0 Å². The Morgan fingerprint density at radius 3 is 2.39 bits per heavy atom. The second-order valence-electron chi connectivity index (χ2n) is 3.97. The Hall–Kier alpha value is -1.71. The minimum atomic E-state index is -3.64. The van der Waals surface area contributed by atoms with Gasteiger partial charge in [0.05, 0.1) is 17.4 Å². The molecule has 1 aromatic rings. The maximum atomic E-state index is 11.9. The highest BCUT2D eigenvalue weighted by Crippen LogP contribution is 2.11. The molecule has 0 aromatic heterocycles. The zero-order valence-electron chi connectivity index (χ0n) is 10.2. The van der Waals surface area contributed by atoms with Gasteiger partial charge in [0, 0.05) is 11.6 Å². The summed E-state index contributed by atoms with van der Waals surface area (Å²) in [5.74, 6) is -0.121. The quantitative estimate of drug-likeness (QED) is 0.817. The van der Waals surface area contributed by atoms with Crippen molar-refractivity contribution in [3.8, 4) is 6.07 Å². The van der Waals surface area contributed by atoms with Crippen LogP contribution in [0, 0.1) is 11.3 Å². The lowest BCUT2D eigenvalue weighted by molar-refractivity contribution is 0.101. The highest BCUT2D eigenvalue weighted by Gasteiger charge is 2.17. The third kappa shape index (κ3) is 3.65. The van der Waals surface area contributed by atoms with E-state index in [0.29, 0.717) is 5.56 Å². The van der Waals surface area contributed by atoms with Gasteiger partial charge in [0.15, 0.2) is 5.78 Å². The van der Waals surface area contributed by atoms with Gasteiger partial charge in [-0.1, -0.05) is 12.1 Å². The zero-order valence-corrected chi connectivity index (χ0v) is 11.0. The molecule has 5 nitrogen and oxygen atoms in total. The summed E-state index contributed by atoms with van der Waals surface area (Å²) in [6.07, 6.45) is 0.102. The number of ketones is 1. The molecule has 1 unspecified atom stereocenters. The van der Waals surface area contributed by atoms with E-state index in [1.807, 2.05) is 6.07 Å². The van der Waals surface area contributed by atoms with Gasteiger partial charge >= 0.3 is 0 Å². The van der Waals surface area contributed by atoms with Gasteiger partial charge in [0.1, 0.15) is 0 Å². The van der Waals surface area contributed by atoms with E-state index in [-0.39, 0.29) is 17.1 Å². The van der Waals surface area contributed by atoms with Gasteiger partial charge in [0.2, 0.25) is 10.0 Å². The summed E-state index contributed by atoms with van der Waals surface area (Å²) in [5, 5.41) is 8.48. The van der Waals surface area contributed by atoms with Crippen molar-refractivity contribution >= 4 is 15.8 Å². The third-order valence-corrected chi connectivity index (χ3v) is 3.93. The first-order chi connectivity index (χ1) is 8.36. The molecule has 1 aromatic carbocycles. The Morgan fingerprint density at radius 1 is 1.39 bits per heavy atom. The molecule has 0 fully saturated rings. The fraction of sp³-hybridized carbons (Fsp3) is 0.333. The standard InChI is InChI=1S/C12H14N2O3S/c1-9(7-8-13)14-18(16,17)12-5-3-11(4-6-12)10(2)15/h3-6,9,14H,7H2,1-2H3. The molecule has 18 heavy (non-hydrogen) atoms. The molecule has 0 aliphatic rings. The van der Waals surface area contributed by atoms with Crippen molar-refractivity contribution in [2.45, 2.75) is 31.2 Å². The van der Waals surface area contributed by atoms with E-state index in [0.717, 1.165) is 0 Å². The van der Waals surface area contributed by atoms with Crippen LogP contribution in [0.25, 0.3) is 0 Å². The molecule has 0 aliphatic carbocycles. The van der Waals surface area contributed by atoms with Crippen LogP contribution in [-0.2, 0) is 10.0 Å². The van der Waals surface area contributed by atoms with E-state index in [9.17, 15) is 13.2 Å². The van der Waals surface area contributed by atoms with Crippen molar-refractivity contribution in [2.24, 2.45) is 0 Å². The van der Waals surface area contributed by atoms with Crippen molar-refractivity contribution in [3.63, 3.8) is 0 Å². The van der Waals surface area contributed by atoms with Crippen LogP contribution in [0.5, 0.6) is 0 Å². The molecule has 0 heterocycles. The summed E-state index contributed by atoms with van der Waals surface area (Å²) >= 11 is 0. The van der Waals surface area contributed by atoms with Crippen LogP contribution in [0.4, 0.5) is 0 Å². The van der Waals surface area contributed by atoms with Gasteiger partial charge in [-0.2, -0.15) is 5.26 Å². The number of Topliss-reactive ketones (excluding diaryl/α,β-unsaturated/α-hetero) is 1. The number of hydrogen-bond donors (Lipinski definition) is 1. The summed E-state index contributed by atoms with van der Waals surface area (Å²) in [7, 11) is -3.64. The predicted octanol–water partition coefficient (Wildman–Crippen LogP) is 1.47. The Bertz CT molecular complexity index is 570. The first kappa shape index (κ1) is 14.4. The highest BCUT2D eigenvalue weighted by molar-refractivity contribution is 7.89. The molecule has 0 spiro atoms. The first-order valence-corrected chi connectivity index (χ1v) is 6.85. The van der Waals surface area contributed by atoms with Crippen LogP contribution in [0.2, 0.25) is 0 Å². The van der Waals surface area contributed by atoms with Crippen LogP contribution in [0.1, 0.15) is 30.6 Å². The van der Waals surface area contributed by atoms with Crippen molar-refractivity contribution in [1.82, 2.24) is 4.72 Å². The second kappa shape index (κ2) is 5.76. The number of rotatable bonds is 5. The van der Waals surface area contributed by atoms with E-state index >= 15 is 0 Å². The third-order valence-electron chi connectivity index (χ3n) is 2.32. The van der Waals surface area contributed by atoms with E-state index < -0.39 is 16.1 Å². The molecular formula is C12H14N2O3S. The fourth-order valence-electron chi connectivity index (χ4n) is 1.38. The number of carbonyl (C=O) groups excluding carboxylic acids is 1. The normalized spacial score (nSPS) is 12.7. The summed E-state index contributed by atoms with van der Waals surface area (Å²) in [6, 6.07) is 7.12. The predicted molar refractivity (Wildman–Crippen MR) is 66.5 cm³/mol. The molecule has 1 N–H and O–H groups in total. The Morgan fingerprint density at radius 2 is 1.94 bits per heavy atom. The van der Waals surface area contributed by atoms with E-state index in [2.05, 4.69) is 4.72 Å². The monoisotopic (exact) mass is 266 g/mol. The van der Waals surface area contributed by atoms with Crippen molar-refractivity contribution < 1.29 is 13.2 Å². The fourth-order valence-corrected chi connectivity index (χ4v) is 2.62.